The van der Waals surface area contributed by atoms with Gasteiger partial charge in [0.1, 0.15) is 0 Å². The van der Waals surface area contributed by atoms with Crippen LogP contribution in [0.2, 0.25) is 0 Å². The summed E-state index contributed by atoms with van der Waals surface area (Å²) in [6.07, 6.45) is 2.04. The Morgan fingerprint density at radius 3 is 2.00 bits per heavy atom. The van der Waals surface area contributed by atoms with Crippen molar-refractivity contribution in [1.82, 2.24) is 4.90 Å². The molecule has 1 aliphatic heterocycles. The summed E-state index contributed by atoms with van der Waals surface area (Å²) >= 11 is 0. The minimum atomic E-state index is -0.504. The Balaban J connectivity index is 1.60. The molecule has 1 heterocycles. The zero-order chi connectivity index (χ0) is 21.7. The maximum atomic E-state index is 12.7. The van der Waals surface area contributed by atoms with E-state index in [-0.39, 0.29) is 24.2 Å². The molecule has 0 aromatic heterocycles. The number of likely N-dealkylation sites (tertiary alicyclic amines) is 1. The van der Waals surface area contributed by atoms with Gasteiger partial charge in [-0.1, -0.05) is 76.2 Å². The SMILES string of the molecule is CC(C)c1cccc(C(C)C)c1NC(=O)C(=O)CN1CCC(c2ccccc2)CC1. The summed E-state index contributed by atoms with van der Waals surface area (Å²) < 4.78 is 0. The molecule has 1 aliphatic rings. The molecule has 0 saturated carbocycles. The van der Waals surface area contributed by atoms with Gasteiger partial charge in [-0.15, -0.1) is 0 Å². The summed E-state index contributed by atoms with van der Waals surface area (Å²) in [5.74, 6) is 0.215. The van der Waals surface area contributed by atoms with E-state index in [0.717, 1.165) is 42.7 Å². The van der Waals surface area contributed by atoms with Crippen molar-refractivity contribution in [2.75, 3.05) is 25.0 Å². The highest BCUT2D eigenvalue weighted by Gasteiger charge is 2.25. The van der Waals surface area contributed by atoms with E-state index in [1.54, 1.807) is 0 Å². The second kappa shape index (κ2) is 10.0. The van der Waals surface area contributed by atoms with Crippen molar-refractivity contribution in [2.24, 2.45) is 0 Å². The van der Waals surface area contributed by atoms with Crippen molar-refractivity contribution in [3.63, 3.8) is 0 Å². The Kier molecular flexibility index (Phi) is 7.43. The van der Waals surface area contributed by atoms with Crippen molar-refractivity contribution < 1.29 is 9.59 Å². The lowest BCUT2D eigenvalue weighted by atomic mass is 9.89. The van der Waals surface area contributed by atoms with Crippen LogP contribution >= 0.6 is 0 Å². The van der Waals surface area contributed by atoms with Crippen LogP contribution in [-0.4, -0.2) is 36.2 Å². The molecule has 3 rings (SSSR count). The third-order valence-corrected chi connectivity index (χ3v) is 6.09. The number of hydrogen-bond acceptors (Lipinski definition) is 3. The monoisotopic (exact) mass is 406 g/mol. The van der Waals surface area contributed by atoms with Crippen molar-refractivity contribution in [3.8, 4) is 0 Å². The van der Waals surface area contributed by atoms with E-state index >= 15 is 0 Å². The normalized spacial score (nSPS) is 15.5. The van der Waals surface area contributed by atoms with Crippen LogP contribution in [0, 0.1) is 0 Å². The Bertz CT molecular complexity index is 840. The van der Waals surface area contributed by atoms with Gasteiger partial charge >= 0.3 is 0 Å². The van der Waals surface area contributed by atoms with Gasteiger partial charge in [-0.3, -0.25) is 14.5 Å². The number of amides is 1. The molecule has 4 heteroatoms. The van der Waals surface area contributed by atoms with Gasteiger partial charge < -0.3 is 5.32 Å². The summed E-state index contributed by atoms with van der Waals surface area (Å²) in [7, 11) is 0. The van der Waals surface area contributed by atoms with Crippen LogP contribution in [0.15, 0.2) is 48.5 Å². The van der Waals surface area contributed by atoms with E-state index in [1.807, 2.05) is 24.3 Å². The number of para-hydroxylation sites is 1. The van der Waals surface area contributed by atoms with Crippen LogP contribution in [-0.2, 0) is 9.59 Å². The predicted molar refractivity (Wildman–Crippen MR) is 123 cm³/mol. The van der Waals surface area contributed by atoms with Crippen LogP contribution in [0.25, 0.3) is 0 Å². The van der Waals surface area contributed by atoms with E-state index in [9.17, 15) is 9.59 Å². The van der Waals surface area contributed by atoms with E-state index in [1.165, 1.54) is 5.56 Å². The molecule has 1 N–H and O–H groups in total. The number of hydrogen-bond donors (Lipinski definition) is 1. The van der Waals surface area contributed by atoms with Gasteiger partial charge in [0.15, 0.2) is 0 Å². The first-order chi connectivity index (χ1) is 14.4. The Morgan fingerprint density at radius 1 is 0.900 bits per heavy atom. The number of nitrogens with one attached hydrogen (secondary N) is 1. The first kappa shape index (κ1) is 22.2. The smallest absolute Gasteiger partial charge is 0.293 e. The van der Waals surface area contributed by atoms with Gasteiger partial charge in [0.2, 0.25) is 5.78 Å². The number of carbonyl (C=O) groups excluding carboxylic acids is 2. The molecule has 4 nitrogen and oxygen atoms in total. The third-order valence-electron chi connectivity index (χ3n) is 6.09. The highest BCUT2D eigenvalue weighted by atomic mass is 16.2. The fourth-order valence-electron chi connectivity index (χ4n) is 4.30. The molecule has 1 fully saturated rings. The zero-order valence-electron chi connectivity index (χ0n) is 18.7. The summed E-state index contributed by atoms with van der Waals surface area (Å²) in [6, 6.07) is 16.6. The lowest BCUT2D eigenvalue weighted by Crippen LogP contribution is -2.40. The fraction of sp³-hybridized carbons (Fsp3) is 0.462. The van der Waals surface area contributed by atoms with Gasteiger partial charge in [0.25, 0.3) is 5.91 Å². The minimum Gasteiger partial charge on any atom is -0.319 e. The van der Waals surface area contributed by atoms with E-state index in [0.29, 0.717) is 5.92 Å². The van der Waals surface area contributed by atoms with Crippen LogP contribution in [0.4, 0.5) is 5.69 Å². The first-order valence-corrected chi connectivity index (χ1v) is 11.1. The topological polar surface area (TPSA) is 49.4 Å². The predicted octanol–water partition coefficient (Wildman–Crippen LogP) is 5.32. The van der Waals surface area contributed by atoms with Crippen molar-refractivity contribution in [1.29, 1.82) is 0 Å². The molecule has 0 atom stereocenters. The number of carbonyl (C=O) groups is 2. The standard InChI is InChI=1S/C26H34N2O2/c1-18(2)22-11-8-12-23(19(3)4)25(22)27-26(30)24(29)17-28-15-13-21(14-16-28)20-9-6-5-7-10-20/h5-12,18-19,21H,13-17H2,1-4H3,(H,27,30). The molecule has 1 amide bonds. The lowest BCUT2D eigenvalue weighted by Gasteiger charge is -2.31. The van der Waals surface area contributed by atoms with Crippen LogP contribution in [0.5, 0.6) is 0 Å². The average Bonchev–Trinajstić information content (AvgIpc) is 2.74. The summed E-state index contributed by atoms with van der Waals surface area (Å²) in [5, 5.41) is 2.95. The molecular formula is C26H34N2O2. The summed E-state index contributed by atoms with van der Waals surface area (Å²) in [5.41, 5.74) is 4.33. The summed E-state index contributed by atoms with van der Waals surface area (Å²) in [4.78, 5) is 27.5. The van der Waals surface area contributed by atoms with Crippen molar-refractivity contribution in [2.45, 2.75) is 58.3 Å². The Morgan fingerprint density at radius 2 is 1.47 bits per heavy atom. The number of benzene rings is 2. The molecule has 0 bridgehead atoms. The van der Waals surface area contributed by atoms with Crippen LogP contribution in [0.1, 0.15) is 75.0 Å². The number of ketones is 1. The number of rotatable bonds is 7. The fourth-order valence-corrected chi connectivity index (χ4v) is 4.30. The van der Waals surface area contributed by atoms with Crippen molar-refractivity contribution >= 4 is 17.4 Å². The molecule has 30 heavy (non-hydrogen) atoms. The summed E-state index contributed by atoms with van der Waals surface area (Å²) in [6.45, 7) is 10.3. The van der Waals surface area contributed by atoms with Gasteiger partial charge in [-0.25, -0.2) is 0 Å². The highest BCUT2D eigenvalue weighted by molar-refractivity contribution is 6.41. The molecule has 0 aliphatic carbocycles. The molecular weight excluding hydrogens is 372 g/mol. The van der Waals surface area contributed by atoms with Crippen LogP contribution in [0.3, 0.4) is 0 Å². The Labute approximate surface area is 180 Å². The second-order valence-electron chi connectivity index (χ2n) is 8.96. The zero-order valence-corrected chi connectivity index (χ0v) is 18.7. The first-order valence-electron chi connectivity index (χ1n) is 11.1. The van der Waals surface area contributed by atoms with Crippen molar-refractivity contribution in [3.05, 3.63) is 65.2 Å². The van der Waals surface area contributed by atoms with E-state index in [4.69, 9.17) is 0 Å². The quantitative estimate of drug-likeness (QED) is 0.633. The number of Topliss-reactive ketones (excluding diaryl/α,β-unsaturated/α-hetero) is 1. The van der Waals surface area contributed by atoms with Gasteiger partial charge in [0, 0.05) is 5.69 Å². The van der Waals surface area contributed by atoms with Gasteiger partial charge in [-0.2, -0.15) is 0 Å². The largest absolute Gasteiger partial charge is 0.319 e. The van der Waals surface area contributed by atoms with Gasteiger partial charge in [-0.05, 0) is 60.4 Å². The number of piperidine rings is 1. The Hall–Kier alpha value is -2.46. The molecule has 0 radical (unpaired) electrons. The maximum Gasteiger partial charge on any atom is 0.293 e. The van der Waals surface area contributed by atoms with Crippen LogP contribution < -0.4 is 5.32 Å². The number of anilines is 1. The molecule has 1 saturated heterocycles. The molecule has 0 unspecified atom stereocenters. The average molecular weight is 407 g/mol. The lowest BCUT2D eigenvalue weighted by molar-refractivity contribution is -0.135. The molecule has 0 spiro atoms. The highest BCUT2D eigenvalue weighted by Crippen LogP contribution is 2.32. The van der Waals surface area contributed by atoms with E-state index in [2.05, 4.69) is 62.2 Å². The third kappa shape index (κ3) is 5.37. The number of nitrogens with zero attached hydrogens (tertiary/aromatic N) is 1. The molecule has 2 aromatic rings. The van der Waals surface area contributed by atoms with Gasteiger partial charge in [0.05, 0.1) is 6.54 Å². The second-order valence-corrected chi connectivity index (χ2v) is 8.96. The maximum absolute atomic E-state index is 12.7. The molecule has 160 valence electrons. The minimum absolute atomic E-state index is 0.189. The van der Waals surface area contributed by atoms with E-state index < -0.39 is 5.91 Å². The molecule has 2 aromatic carbocycles.